The number of rotatable bonds is 3. The number of anilines is 2. The van der Waals surface area contributed by atoms with E-state index in [-0.39, 0.29) is 4.21 Å². The first-order chi connectivity index (χ1) is 8.38. The summed E-state index contributed by atoms with van der Waals surface area (Å²) in [4.78, 5) is 3.92. The first-order valence-electron chi connectivity index (χ1n) is 4.89. The Kier molecular flexibility index (Phi) is 3.60. The van der Waals surface area contributed by atoms with Crippen LogP contribution in [0.25, 0.3) is 0 Å². The molecular formula is C10H10BrN3O2S2. The first kappa shape index (κ1) is 13.3. The van der Waals surface area contributed by atoms with E-state index in [2.05, 4.69) is 25.6 Å². The summed E-state index contributed by atoms with van der Waals surface area (Å²) in [6, 6.07) is 4.95. The summed E-state index contributed by atoms with van der Waals surface area (Å²) in [5.74, 6) is 0. The molecule has 0 aliphatic carbocycles. The lowest BCUT2D eigenvalue weighted by Crippen LogP contribution is -2.12. The number of benzene rings is 1. The molecule has 0 unspecified atom stereocenters. The largest absolute Gasteiger partial charge is 0.397 e. The van der Waals surface area contributed by atoms with E-state index in [0.717, 1.165) is 15.8 Å². The Bertz CT molecular complexity index is 682. The molecule has 8 heteroatoms. The zero-order chi connectivity index (χ0) is 13.3. The Hall–Kier alpha value is -1.12. The van der Waals surface area contributed by atoms with Crippen LogP contribution in [0, 0.1) is 6.92 Å². The fourth-order valence-corrected chi connectivity index (χ4v) is 3.86. The van der Waals surface area contributed by atoms with Crippen molar-refractivity contribution in [3.8, 4) is 0 Å². The van der Waals surface area contributed by atoms with Crippen molar-refractivity contribution in [2.24, 2.45) is 0 Å². The maximum absolute atomic E-state index is 12.0. The van der Waals surface area contributed by atoms with Gasteiger partial charge in [-0.3, -0.25) is 4.72 Å². The third kappa shape index (κ3) is 2.82. The molecule has 1 heterocycles. The number of nitrogens with zero attached hydrogens (tertiary/aromatic N) is 1. The van der Waals surface area contributed by atoms with Crippen LogP contribution in [-0.4, -0.2) is 13.4 Å². The molecule has 0 amide bonds. The Labute approximate surface area is 117 Å². The van der Waals surface area contributed by atoms with Gasteiger partial charge in [-0.1, -0.05) is 15.9 Å². The van der Waals surface area contributed by atoms with Crippen molar-refractivity contribution < 1.29 is 8.42 Å². The lowest BCUT2D eigenvalue weighted by molar-refractivity contribution is 0.603. The van der Waals surface area contributed by atoms with E-state index in [4.69, 9.17) is 5.73 Å². The van der Waals surface area contributed by atoms with Gasteiger partial charge in [0.1, 0.15) is 0 Å². The number of nitrogen functional groups attached to an aromatic ring is 1. The number of nitrogens with one attached hydrogen (secondary N) is 1. The lowest BCUT2D eigenvalue weighted by atomic mass is 10.3. The highest BCUT2D eigenvalue weighted by Gasteiger charge is 2.18. The second-order valence-electron chi connectivity index (χ2n) is 3.54. The van der Waals surface area contributed by atoms with Gasteiger partial charge in [-0.2, -0.15) is 0 Å². The average Bonchev–Trinajstić information content (AvgIpc) is 2.70. The zero-order valence-electron chi connectivity index (χ0n) is 9.34. The van der Waals surface area contributed by atoms with E-state index in [0.29, 0.717) is 16.4 Å². The summed E-state index contributed by atoms with van der Waals surface area (Å²) >= 11 is 4.37. The fraction of sp³-hybridized carbons (Fsp3) is 0.100. The number of thiazole rings is 1. The number of halogens is 1. The van der Waals surface area contributed by atoms with Crippen molar-refractivity contribution >= 4 is 48.7 Å². The van der Waals surface area contributed by atoms with Crippen LogP contribution >= 0.6 is 27.3 Å². The van der Waals surface area contributed by atoms with Crippen molar-refractivity contribution in [2.45, 2.75) is 11.1 Å². The van der Waals surface area contributed by atoms with Gasteiger partial charge in [-0.05, 0) is 25.1 Å². The molecule has 18 heavy (non-hydrogen) atoms. The van der Waals surface area contributed by atoms with E-state index in [1.54, 1.807) is 25.1 Å². The molecule has 1 aromatic heterocycles. The van der Waals surface area contributed by atoms with Gasteiger partial charge >= 0.3 is 0 Å². The van der Waals surface area contributed by atoms with Crippen molar-refractivity contribution in [2.75, 3.05) is 10.5 Å². The van der Waals surface area contributed by atoms with Crippen LogP contribution in [-0.2, 0) is 10.0 Å². The van der Waals surface area contributed by atoms with Gasteiger partial charge in [0, 0.05) is 4.47 Å². The third-order valence-corrected chi connectivity index (χ3v) is 5.36. The Morgan fingerprint density at radius 3 is 2.72 bits per heavy atom. The molecule has 2 aromatic rings. The van der Waals surface area contributed by atoms with Crippen LogP contribution < -0.4 is 10.5 Å². The minimum Gasteiger partial charge on any atom is -0.397 e. The van der Waals surface area contributed by atoms with E-state index in [1.165, 1.54) is 6.20 Å². The normalized spacial score (nSPS) is 11.4. The molecule has 0 aliphatic rings. The first-order valence-corrected chi connectivity index (χ1v) is 7.98. The molecule has 1 aromatic carbocycles. The average molecular weight is 348 g/mol. The topological polar surface area (TPSA) is 85.1 Å². The number of aromatic nitrogens is 1. The van der Waals surface area contributed by atoms with E-state index >= 15 is 0 Å². The van der Waals surface area contributed by atoms with Crippen LogP contribution in [0.5, 0.6) is 0 Å². The molecule has 2 rings (SSSR count). The SMILES string of the molecule is Cc1ncc(S(=O)(=O)Nc2ccc(Br)cc2N)s1. The molecule has 0 aliphatic heterocycles. The van der Waals surface area contributed by atoms with Crippen molar-refractivity contribution in [1.29, 1.82) is 0 Å². The standard InChI is InChI=1S/C10H10BrN3O2S2/c1-6-13-5-10(17-6)18(15,16)14-9-3-2-7(11)4-8(9)12/h2-5,14H,12H2,1H3. The monoisotopic (exact) mass is 347 g/mol. The summed E-state index contributed by atoms with van der Waals surface area (Å²) < 4.78 is 27.5. The summed E-state index contributed by atoms with van der Waals surface area (Å²) in [5, 5.41) is 0.694. The predicted molar refractivity (Wildman–Crippen MR) is 76.2 cm³/mol. The van der Waals surface area contributed by atoms with Gasteiger partial charge in [-0.25, -0.2) is 13.4 Å². The minimum atomic E-state index is -3.62. The van der Waals surface area contributed by atoms with Gasteiger partial charge in [0.25, 0.3) is 10.0 Å². The Balaban J connectivity index is 2.33. The van der Waals surface area contributed by atoms with Crippen LogP contribution in [0.1, 0.15) is 5.01 Å². The van der Waals surface area contributed by atoms with Crippen LogP contribution in [0.15, 0.2) is 33.1 Å². The van der Waals surface area contributed by atoms with Gasteiger partial charge in [0.15, 0.2) is 4.21 Å². The Morgan fingerprint density at radius 2 is 2.17 bits per heavy atom. The summed E-state index contributed by atoms with van der Waals surface area (Å²) in [6.45, 7) is 1.75. The number of hydrogen-bond acceptors (Lipinski definition) is 5. The van der Waals surface area contributed by atoms with E-state index in [9.17, 15) is 8.42 Å². The molecular weight excluding hydrogens is 338 g/mol. The van der Waals surface area contributed by atoms with E-state index in [1.807, 2.05) is 0 Å². The molecule has 0 spiro atoms. The smallest absolute Gasteiger partial charge is 0.273 e. The molecule has 0 bridgehead atoms. The predicted octanol–water partition coefficient (Wildman–Crippen LogP) is 2.60. The van der Waals surface area contributed by atoms with Crippen LogP contribution in [0.4, 0.5) is 11.4 Å². The van der Waals surface area contributed by atoms with Gasteiger partial charge < -0.3 is 5.73 Å². The molecule has 3 N–H and O–H groups in total. The van der Waals surface area contributed by atoms with Crippen molar-refractivity contribution in [1.82, 2.24) is 4.98 Å². The molecule has 0 fully saturated rings. The second kappa shape index (κ2) is 4.87. The third-order valence-electron chi connectivity index (χ3n) is 2.12. The zero-order valence-corrected chi connectivity index (χ0v) is 12.6. The highest BCUT2D eigenvalue weighted by molar-refractivity contribution is 9.10. The molecule has 0 saturated heterocycles. The summed E-state index contributed by atoms with van der Waals surface area (Å²) in [6.07, 6.45) is 1.33. The molecule has 0 saturated carbocycles. The highest BCUT2D eigenvalue weighted by Crippen LogP contribution is 2.27. The fourth-order valence-electron chi connectivity index (χ4n) is 1.29. The highest BCUT2D eigenvalue weighted by atomic mass is 79.9. The molecule has 0 radical (unpaired) electrons. The maximum Gasteiger partial charge on any atom is 0.273 e. The van der Waals surface area contributed by atoms with Gasteiger partial charge in [0.2, 0.25) is 0 Å². The summed E-state index contributed by atoms with van der Waals surface area (Å²) in [7, 11) is -3.62. The molecule has 0 atom stereocenters. The minimum absolute atomic E-state index is 0.169. The molecule has 96 valence electrons. The number of nitrogens with two attached hydrogens (primary N) is 1. The van der Waals surface area contributed by atoms with Crippen LogP contribution in [0.3, 0.4) is 0 Å². The van der Waals surface area contributed by atoms with Gasteiger partial charge in [-0.15, -0.1) is 11.3 Å². The lowest BCUT2D eigenvalue weighted by Gasteiger charge is -2.08. The maximum atomic E-state index is 12.0. The molecule has 5 nitrogen and oxygen atoms in total. The van der Waals surface area contributed by atoms with Crippen molar-refractivity contribution in [3.63, 3.8) is 0 Å². The Morgan fingerprint density at radius 1 is 1.44 bits per heavy atom. The second-order valence-corrected chi connectivity index (χ2v) is 7.60. The van der Waals surface area contributed by atoms with Gasteiger partial charge in [0.05, 0.1) is 22.6 Å². The quantitative estimate of drug-likeness (QED) is 0.835. The number of hydrogen-bond donors (Lipinski definition) is 2. The summed E-state index contributed by atoms with van der Waals surface area (Å²) in [5.41, 5.74) is 6.45. The van der Waals surface area contributed by atoms with E-state index < -0.39 is 10.0 Å². The van der Waals surface area contributed by atoms with Crippen molar-refractivity contribution in [3.05, 3.63) is 33.9 Å². The van der Waals surface area contributed by atoms with Crippen LogP contribution in [0.2, 0.25) is 0 Å². The number of aryl methyl sites for hydroxylation is 1. The number of sulfonamides is 1.